The fourth-order valence-electron chi connectivity index (χ4n) is 5.33. The van der Waals surface area contributed by atoms with Crippen molar-refractivity contribution in [1.82, 2.24) is 26.6 Å². The van der Waals surface area contributed by atoms with Gasteiger partial charge in [-0.1, -0.05) is 49.1 Å². The number of aliphatic imine (C=N–C) groups is 1. The molecule has 0 unspecified atom stereocenters. The lowest BCUT2D eigenvalue weighted by molar-refractivity contribution is -0.145. The summed E-state index contributed by atoms with van der Waals surface area (Å²) >= 11 is 0. The average molecular weight is 811 g/mol. The molecule has 0 spiro atoms. The van der Waals surface area contributed by atoms with Gasteiger partial charge in [-0.15, -0.1) is 0 Å². The highest BCUT2D eigenvalue weighted by atomic mass is 16.7. The molecule has 0 saturated heterocycles. The van der Waals surface area contributed by atoms with Crippen molar-refractivity contribution in [3.63, 3.8) is 0 Å². The second kappa shape index (κ2) is 23.3. The van der Waals surface area contributed by atoms with Crippen molar-refractivity contribution < 1.29 is 52.8 Å². The molecule has 0 fully saturated rings. The van der Waals surface area contributed by atoms with Crippen LogP contribution in [0.4, 0.5) is 9.59 Å². The molecular weight excluding hydrogens is 752 g/mol. The van der Waals surface area contributed by atoms with E-state index in [-0.39, 0.29) is 44.6 Å². The number of benzene rings is 2. The Kier molecular flexibility index (Phi) is 19.4. The van der Waals surface area contributed by atoms with E-state index in [4.69, 9.17) is 18.9 Å². The summed E-state index contributed by atoms with van der Waals surface area (Å²) in [7, 11) is 1.20. The van der Waals surface area contributed by atoms with Gasteiger partial charge in [0.15, 0.2) is 0 Å². The first kappa shape index (κ1) is 48.2. The van der Waals surface area contributed by atoms with Gasteiger partial charge in [-0.3, -0.25) is 30.0 Å². The van der Waals surface area contributed by atoms with Crippen LogP contribution in [0.15, 0.2) is 66.2 Å². The number of rotatable bonds is 19. The van der Waals surface area contributed by atoms with Gasteiger partial charge in [0.2, 0.25) is 29.5 Å². The monoisotopic (exact) mass is 810 g/mol. The number of carbonyl (C=O) groups is 6. The zero-order chi connectivity index (χ0) is 43.5. The summed E-state index contributed by atoms with van der Waals surface area (Å²) in [6.45, 7) is 14.5. The standard InChI is InChI=1S/C41H58N6O11/c1-10-22-56-30-20-19-29(26(2)23-30)25-32(43-27(3)48)35(50)44-31(34(49)45-33(36(51)55-9)24-28-16-12-11-13-17-28)18-14-15-21-42-37(46-38(52)57-40(4,5)6)47-39(53)58-41(7,8)54/h10-13,16-17,19-20,23,31-33,54H,1,14-15,18,21-22,24-25H2,2-9H3,(H,43,48)(H,44,50)(H,45,49)(H2,42,46,47,52,53)/t31-,32-,33-/m0/s1. The largest absolute Gasteiger partial charge is 0.490 e. The maximum atomic E-state index is 13.9. The van der Waals surface area contributed by atoms with E-state index >= 15 is 0 Å². The van der Waals surface area contributed by atoms with Gasteiger partial charge in [-0.25, -0.2) is 14.4 Å². The van der Waals surface area contributed by atoms with E-state index in [1.165, 1.54) is 27.9 Å². The summed E-state index contributed by atoms with van der Waals surface area (Å²) in [5.74, 6) is -4.00. The number of aryl methyl sites for hydroxylation is 1. The fraction of sp³-hybridized carbons (Fsp3) is 0.488. The average Bonchev–Trinajstić information content (AvgIpc) is 3.11. The molecule has 0 aromatic heterocycles. The number of aliphatic hydroxyl groups is 1. The highest BCUT2D eigenvalue weighted by Gasteiger charge is 2.30. The number of hydrogen-bond donors (Lipinski definition) is 6. The first-order valence-electron chi connectivity index (χ1n) is 18.8. The Labute approximate surface area is 339 Å². The molecular formula is C41H58N6O11. The predicted molar refractivity (Wildman–Crippen MR) is 216 cm³/mol. The quantitative estimate of drug-likeness (QED) is 0.0229. The molecule has 318 valence electrons. The molecule has 3 atom stereocenters. The number of ether oxygens (including phenoxy) is 4. The van der Waals surface area contributed by atoms with Crippen molar-refractivity contribution in [1.29, 1.82) is 0 Å². The first-order valence-corrected chi connectivity index (χ1v) is 18.8. The van der Waals surface area contributed by atoms with Crippen molar-refractivity contribution in [3.05, 3.63) is 77.9 Å². The number of guanidine groups is 1. The van der Waals surface area contributed by atoms with Crippen LogP contribution in [-0.4, -0.2) is 96.7 Å². The van der Waals surface area contributed by atoms with Crippen molar-refractivity contribution in [2.45, 2.75) is 110 Å². The molecule has 58 heavy (non-hydrogen) atoms. The second-order valence-electron chi connectivity index (χ2n) is 14.8. The molecule has 0 aliphatic rings. The molecule has 0 heterocycles. The fourth-order valence-corrected chi connectivity index (χ4v) is 5.33. The van der Waals surface area contributed by atoms with Gasteiger partial charge in [0, 0.05) is 40.2 Å². The highest BCUT2D eigenvalue weighted by molar-refractivity contribution is 6.01. The van der Waals surface area contributed by atoms with E-state index in [0.29, 0.717) is 12.4 Å². The maximum absolute atomic E-state index is 13.9. The third kappa shape index (κ3) is 19.3. The second-order valence-corrected chi connectivity index (χ2v) is 14.8. The highest BCUT2D eigenvalue weighted by Crippen LogP contribution is 2.19. The zero-order valence-electron chi connectivity index (χ0n) is 34.6. The molecule has 17 nitrogen and oxygen atoms in total. The normalized spacial score (nSPS) is 13.1. The van der Waals surface area contributed by atoms with E-state index in [1.54, 1.807) is 69.3 Å². The topological polar surface area (TPSA) is 232 Å². The Balaban J connectivity index is 2.34. The number of nitrogens with zero attached hydrogens (tertiary/aromatic N) is 1. The van der Waals surface area contributed by atoms with Crippen LogP contribution in [-0.2, 0) is 46.2 Å². The molecule has 5 amide bonds. The number of carbonyl (C=O) groups excluding carboxylic acids is 6. The number of hydrogen-bond acceptors (Lipinski definition) is 12. The van der Waals surface area contributed by atoms with Crippen LogP contribution in [0.2, 0.25) is 0 Å². The summed E-state index contributed by atoms with van der Waals surface area (Å²) in [5, 5.41) is 22.6. The molecule has 0 saturated carbocycles. The van der Waals surface area contributed by atoms with E-state index in [9.17, 15) is 33.9 Å². The number of alkyl carbamates (subject to hydrolysis) is 2. The van der Waals surface area contributed by atoms with Crippen LogP contribution in [0, 0.1) is 6.92 Å². The number of amides is 5. The van der Waals surface area contributed by atoms with Crippen molar-refractivity contribution in [3.8, 4) is 5.75 Å². The van der Waals surface area contributed by atoms with Crippen molar-refractivity contribution >= 4 is 41.8 Å². The first-order chi connectivity index (χ1) is 27.2. The molecule has 17 heteroatoms. The lowest BCUT2D eigenvalue weighted by atomic mass is 9.99. The third-order valence-electron chi connectivity index (χ3n) is 7.87. The van der Waals surface area contributed by atoms with Gasteiger partial charge in [0.25, 0.3) is 0 Å². The van der Waals surface area contributed by atoms with Crippen LogP contribution in [0.5, 0.6) is 5.75 Å². The van der Waals surface area contributed by atoms with Crippen LogP contribution in [0.3, 0.4) is 0 Å². The minimum atomic E-state index is -1.82. The van der Waals surface area contributed by atoms with Crippen LogP contribution < -0.4 is 31.3 Å². The summed E-state index contributed by atoms with van der Waals surface area (Å²) in [5.41, 5.74) is 1.46. The number of unbranched alkanes of at least 4 members (excludes halogenated alkanes) is 1. The van der Waals surface area contributed by atoms with Gasteiger partial charge in [-0.05, 0) is 75.8 Å². The lowest BCUT2D eigenvalue weighted by Gasteiger charge is -2.25. The molecule has 6 N–H and O–H groups in total. The summed E-state index contributed by atoms with van der Waals surface area (Å²) in [6.07, 6.45) is 0.420. The Hall–Kier alpha value is -5.97. The Morgan fingerprint density at radius 1 is 0.828 bits per heavy atom. The van der Waals surface area contributed by atoms with E-state index in [2.05, 4.69) is 38.2 Å². The molecule has 2 aromatic rings. The molecule has 0 radical (unpaired) electrons. The van der Waals surface area contributed by atoms with E-state index in [0.717, 1.165) is 16.7 Å². The van der Waals surface area contributed by atoms with E-state index < -0.39 is 65.4 Å². The predicted octanol–water partition coefficient (Wildman–Crippen LogP) is 3.50. The number of nitrogens with one attached hydrogen (secondary N) is 5. The van der Waals surface area contributed by atoms with Crippen LogP contribution >= 0.6 is 0 Å². The molecule has 2 aromatic carbocycles. The summed E-state index contributed by atoms with van der Waals surface area (Å²) < 4.78 is 20.7. The minimum Gasteiger partial charge on any atom is -0.490 e. The van der Waals surface area contributed by atoms with Crippen molar-refractivity contribution in [2.24, 2.45) is 4.99 Å². The number of esters is 1. The van der Waals surface area contributed by atoms with Gasteiger partial charge in [-0.2, -0.15) is 0 Å². The molecule has 2 rings (SSSR count). The Morgan fingerprint density at radius 2 is 1.45 bits per heavy atom. The lowest BCUT2D eigenvalue weighted by Crippen LogP contribution is -2.56. The minimum absolute atomic E-state index is 0.00924. The van der Waals surface area contributed by atoms with Gasteiger partial charge in [0.1, 0.15) is 36.1 Å². The summed E-state index contributed by atoms with van der Waals surface area (Å²) in [6, 6.07) is 11.0. The molecule has 0 aliphatic heterocycles. The van der Waals surface area contributed by atoms with Crippen LogP contribution in [0.1, 0.15) is 77.5 Å². The van der Waals surface area contributed by atoms with E-state index in [1.807, 2.05) is 13.0 Å². The molecule has 0 aliphatic carbocycles. The van der Waals surface area contributed by atoms with Crippen LogP contribution in [0.25, 0.3) is 0 Å². The number of methoxy groups -OCH3 is 1. The van der Waals surface area contributed by atoms with Gasteiger partial charge < -0.3 is 40.0 Å². The summed E-state index contributed by atoms with van der Waals surface area (Å²) in [4.78, 5) is 82.0. The van der Waals surface area contributed by atoms with Gasteiger partial charge in [0.05, 0.1) is 7.11 Å². The Bertz CT molecular complexity index is 1720. The zero-order valence-corrected chi connectivity index (χ0v) is 34.6. The Morgan fingerprint density at radius 3 is 2.02 bits per heavy atom. The smallest absolute Gasteiger partial charge is 0.416 e. The third-order valence-corrected chi connectivity index (χ3v) is 7.87. The van der Waals surface area contributed by atoms with Gasteiger partial charge >= 0.3 is 18.2 Å². The molecule has 0 bridgehead atoms. The van der Waals surface area contributed by atoms with Crippen molar-refractivity contribution in [2.75, 3.05) is 20.3 Å². The SMILES string of the molecule is C=CCOc1ccc(C[C@H](NC(C)=O)C(=O)N[C@@H](CCCCN=C(NC(=O)OC(C)(C)C)NC(=O)OC(C)(C)O)C(=O)N[C@@H](Cc2ccccc2)C(=O)OC)c(C)c1. The maximum Gasteiger partial charge on any atom is 0.416 e.